The Labute approximate surface area is 194 Å². The lowest BCUT2D eigenvalue weighted by atomic mass is 10.1. The van der Waals surface area contributed by atoms with Gasteiger partial charge < -0.3 is 14.5 Å². The Bertz CT molecular complexity index is 1320. The molecule has 0 saturated carbocycles. The molecule has 1 atom stereocenters. The summed E-state index contributed by atoms with van der Waals surface area (Å²) in [7, 11) is -2.30. The summed E-state index contributed by atoms with van der Waals surface area (Å²) in [4.78, 5) is 16.1. The summed E-state index contributed by atoms with van der Waals surface area (Å²) in [5, 5.41) is 0.808. The van der Waals surface area contributed by atoms with E-state index in [1.165, 1.54) is 4.31 Å². The van der Waals surface area contributed by atoms with Gasteiger partial charge in [0.1, 0.15) is 5.75 Å². The second kappa shape index (κ2) is 9.29. The molecule has 0 bridgehead atoms. The summed E-state index contributed by atoms with van der Waals surface area (Å²) in [5.41, 5.74) is 3.11. The van der Waals surface area contributed by atoms with Crippen LogP contribution < -0.4 is 10.3 Å². The van der Waals surface area contributed by atoms with Gasteiger partial charge in [0.2, 0.25) is 10.0 Å². The molecule has 0 aliphatic carbocycles. The highest BCUT2D eigenvalue weighted by Crippen LogP contribution is 2.28. The van der Waals surface area contributed by atoms with Gasteiger partial charge in [0.25, 0.3) is 5.56 Å². The van der Waals surface area contributed by atoms with Gasteiger partial charge in [-0.15, -0.1) is 0 Å². The van der Waals surface area contributed by atoms with Gasteiger partial charge in [-0.05, 0) is 68.3 Å². The summed E-state index contributed by atoms with van der Waals surface area (Å²) in [5.74, 6) is 0.638. The van der Waals surface area contributed by atoms with Crippen molar-refractivity contribution in [2.75, 3.05) is 20.3 Å². The second-order valence-corrected chi connectivity index (χ2v) is 10.6. The molecule has 4 rings (SSSR count). The van der Waals surface area contributed by atoms with Gasteiger partial charge >= 0.3 is 0 Å². The van der Waals surface area contributed by atoms with Gasteiger partial charge in [0.15, 0.2) is 0 Å². The number of pyridine rings is 1. The average Bonchev–Trinajstić information content (AvgIpc) is 3.25. The molecule has 0 unspecified atom stereocenters. The number of methoxy groups -OCH3 is 1. The van der Waals surface area contributed by atoms with Crippen molar-refractivity contribution in [1.29, 1.82) is 0 Å². The van der Waals surface area contributed by atoms with E-state index in [0.29, 0.717) is 39.5 Å². The van der Waals surface area contributed by atoms with E-state index in [-0.39, 0.29) is 24.8 Å². The lowest BCUT2D eigenvalue weighted by Gasteiger charge is -2.26. The SMILES string of the molecule is COc1ccc2cc(CN(C[C@@H]3CCCO3)S(=O)(=O)c3c(C)cc(C)cc3C)c(=O)[nH]c2c1. The lowest BCUT2D eigenvalue weighted by molar-refractivity contribution is 0.0925. The Hall–Kier alpha value is -2.68. The fourth-order valence-corrected chi connectivity index (χ4v) is 6.49. The van der Waals surface area contributed by atoms with E-state index in [2.05, 4.69) is 4.98 Å². The first-order chi connectivity index (χ1) is 15.7. The van der Waals surface area contributed by atoms with Crippen LogP contribution >= 0.6 is 0 Å². The van der Waals surface area contributed by atoms with Crippen molar-refractivity contribution in [3.05, 3.63) is 69.0 Å². The van der Waals surface area contributed by atoms with Crippen LogP contribution in [0.4, 0.5) is 0 Å². The summed E-state index contributed by atoms with van der Waals surface area (Å²) in [6.45, 7) is 6.37. The van der Waals surface area contributed by atoms with Crippen molar-refractivity contribution in [3.8, 4) is 5.75 Å². The maximum atomic E-state index is 13.9. The first kappa shape index (κ1) is 23.5. The van der Waals surface area contributed by atoms with E-state index in [1.54, 1.807) is 19.2 Å². The maximum Gasteiger partial charge on any atom is 0.252 e. The highest BCUT2D eigenvalue weighted by molar-refractivity contribution is 7.89. The van der Waals surface area contributed by atoms with Gasteiger partial charge in [-0.3, -0.25) is 4.79 Å². The molecule has 1 aliphatic heterocycles. The number of hydrogen-bond acceptors (Lipinski definition) is 5. The van der Waals surface area contributed by atoms with Crippen LogP contribution in [0.3, 0.4) is 0 Å². The van der Waals surface area contributed by atoms with Crippen LogP contribution in [0.5, 0.6) is 5.75 Å². The van der Waals surface area contributed by atoms with Crippen molar-refractivity contribution in [2.24, 2.45) is 0 Å². The molecule has 7 nitrogen and oxygen atoms in total. The quantitative estimate of drug-likeness (QED) is 0.567. The van der Waals surface area contributed by atoms with E-state index >= 15 is 0 Å². The van der Waals surface area contributed by atoms with E-state index in [9.17, 15) is 13.2 Å². The monoisotopic (exact) mass is 470 g/mol. The van der Waals surface area contributed by atoms with Gasteiger partial charge in [0.05, 0.1) is 23.6 Å². The number of benzene rings is 2. The number of hydrogen-bond donors (Lipinski definition) is 1. The molecule has 1 aromatic heterocycles. The van der Waals surface area contributed by atoms with Crippen LogP contribution in [0.25, 0.3) is 10.9 Å². The minimum atomic E-state index is -3.86. The third-order valence-electron chi connectivity index (χ3n) is 6.11. The molecule has 2 heterocycles. The molecule has 8 heteroatoms. The van der Waals surface area contributed by atoms with Crippen molar-refractivity contribution in [2.45, 2.75) is 51.2 Å². The minimum Gasteiger partial charge on any atom is -0.497 e. The highest BCUT2D eigenvalue weighted by atomic mass is 32.2. The largest absolute Gasteiger partial charge is 0.497 e. The molecular weight excluding hydrogens is 440 g/mol. The van der Waals surface area contributed by atoms with Crippen LogP contribution in [-0.2, 0) is 21.3 Å². The zero-order chi connectivity index (χ0) is 23.8. The standard InChI is InChI=1S/C25H30N2O5S/c1-16-10-17(2)24(18(3)11-16)33(29,30)27(15-22-6-5-9-32-22)14-20-12-19-7-8-21(31-4)13-23(19)26-25(20)28/h7-8,10-13,22H,5-6,9,14-15H2,1-4H3,(H,26,28)/t22-/m0/s1. The van der Waals surface area contributed by atoms with Crippen LogP contribution in [-0.4, -0.2) is 44.1 Å². The summed E-state index contributed by atoms with van der Waals surface area (Å²) in [6.07, 6.45) is 1.51. The van der Waals surface area contributed by atoms with Crippen molar-refractivity contribution < 1.29 is 17.9 Å². The molecule has 3 aromatic rings. The highest BCUT2D eigenvalue weighted by Gasteiger charge is 2.32. The first-order valence-corrected chi connectivity index (χ1v) is 12.5. The predicted octanol–water partition coefficient (Wildman–Crippen LogP) is 3.83. The molecule has 1 aliphatic rings. The fraction of sp³-hybridized carbons (Fsp3) is 0.400. The normalized spacial score (nSPS) is 16.6. The molecule has 176 valence electrons. The number of nitrogens with zero attached hydrogens (tertiary/aromatic N) is 1. The fourth-order valence-electron chi connectivity index (χ4n) is 4.63. The first-order valence-electron chi connectivity index (χ1n) is 11.1. The van der Waals surface area contributed by atoms with Crippen LogP contribution in [0.2, 0.25) is 0 Å². The van der Waals surface area contributed by atoms with Crippen molar-refractivity contribution in [1.82, 2.24) is 9.29 Å². The molecular formula is C25H30N2O5S. The number of aryl methyl sites for hydroxylation is 3. The molecule has 0 radical (unpaired) electrons. The van der Waals surface area contributed by atoms with E-state index in [0.717, 1.165) is 23.8 Å². The summed E-state index contributed by atoms with van der Waals surface area (Å²) >= 11 is 0. The van der Waals surface area contributed by atoms with E-state index < -0.39 is 10.0 Å². The number of aromatic amines is 1. The summed E-state index contributed by atoms with van der Waals surface area (Å²) in [6, 6.07) is 10.9. The van der Waals surface area contributed by atoms with Crippen molar-refractivity contribution in [3.63, 3.8) is 0 Å². The molecule has 0 spiro atoms. The molecule has 1 N–H and O–H groups in total. The molecule has 33 heavy (non-hydrogen) atoms. The zero-order valence-electron chi connectivity index (χ0n) is 19.5. The molecule has 2 aromatic carbocycles. The zero-order valence-corrected chi connectivity index (χ0v) is 20.3. The van der Waals surface area contributed by atoms with E-state index in [1.807, 2.05) is 45.0 Å². The summed E-state index contributed by atoms with van der Waals surface area (Å²) < 4.78 is 40.1. The van der Waals surface area contributed by atoms with Gasteiger partial charge in [0, 0.05) is 31.3 Å². The smallest absolute Gasteiger partial charge is 0.252 e. The molecule has 0 amide bonds. The maximum absolute atomic E-state index is 13.9. The number of sulfonamides is 1. The number of fused-ring (bicyclic) bond motifs is 1. The lowest BCUT2D eigenvalue weighted by Crippen LogP contribution is -2.38. The van der Waals surface area contributed by atoms with Gasteiger partial charge in [-0.25, -0.2) is 8.42 Å². The predicted molar refractivity (Wildman–Crippen MR) is 128 cm³/mol. The Morgan fingerprint density at radius 1 is 1.12 bits per heavy atom. The van der Waals surface area contributed by atoms with Gasteiger partial charge in [-0.2, -0.15) is 4.31 Å². The number of rotatable bonds is 7. The van der Waals surface area contributed by atoms with Crippen LogP contribution in [0, 0.1) is 20.8 Å². The Morgan fingerprint density at radius 2 is 1.85 bits per heavy atom. The minimum absolute atomic E-state index is 0.0355. The van der Waals surface area contributed by atoms with Crippen molar-refractivity contribution >= 4 is 20.9 Å². The molecule has 1 fully saturated rings. The average molecular weight is 471 g/mol. The molecule has 1 saturated heterocycles. The van der Waals surface area contributed by atoms with Crippen LogP contribution in [0.15, 0.2) is 46.1 Å². The number of H-pyrrole nitrogens is 1. The third kappa shape index (κ3) is 4.83. The van der Waals surface area contributed by atoms with Gasteiger partial charge in [-0.1, -0.05) is 17.7 Å². The Morgan fingerprint density at radius 3 is 2.48 bits per heavy atom. The number of aromatic nitrogens is 1. The van der Waals surface area contributed by atoms with E-state index in [4.69, 9.17) is 9.47 Å². The second-order valence-electron chi connectivity index (χ2n) is 8.74. The van der Waals surface area contributed by atoms with Crippen LogP contribution in [0.1, 0.15) is 35.1 Å². The topological polar surface area (TPSA) is 88.7 Å². The number of nitrogens with one attached hydrogen (secondary N) is 1. The number of ether oxygens (including phenoxy) is 2. The third-order valence-corrected chi connectivity index (χ3v) is 8.23. The Balaban J connectivity index is 1.77. The Kier molecular flexibility index (Phi) is 6.61.